The fourth-order valence-electron chi connectivity index (χ4n) is 0.546. The van der Waals surface area contributed by atoms with Gasteiger partial charge in [-0.25, -0.2) is 4.98 Å². The predicted molar refractivity (Wildman–Crippen MR) is 39.2 cm³/mol. The van der Waals surface area contributed by atoms with Gasteiger partial charge in [-0.3, -0.25) is 0 Å². The summed E-state index contributed by atoms with van der Waals surface area (Å²) in [7, 11) is 0. The molecule has 0 spiro atoms. The van der Waals surface area contributed by atoms with Gasteiger partial charge in [0.1, 0.15) is 5.82 Å². The topological polar surface area (TPSA) is 28.7 Å². The van der Waals surface area contributed by atoms with Crippen LogP contribution in [0.5, 0.6) is 0 Å². The smallest absolute Gasteiger partial charge is 0.109 e. The number of nitrogens with zero attached hydrogens (tertiary/aromatic N) is 1. The molecular formula is C7H12N2. The fourth-order valence-corrected chi connectivity index (χ4v) is 0.546. The SMILES string of the molecule is C.C=CCc1ncc[nH]1. The van der Waals surface area contributed by atoms with Gasteiger partial charge in [0, 0.05) is 18.8 Å². The molecule has 0 saturated carbocycles. The average Bonchev–Trinajstić information content (AvgIpc) is 2.19. The Bertz CT molecular complexity index is 153. The Morgan fingerprint density at radius 2 is 2.56 bits per heavy atom. The maximum absolute atomic E-state index is 3.98. The zero-order chi connectivity index (χ0) is 5.82. The first-order chi connectivity index (χ1) is 3.93. The van der Waals surface area contributed by atoms with Crippen LogP contribution in [-0.4, -0.2) is 9.97 Å². The highest BCUT2D eigenvalue weighted by Gasteiger charge is 1.85. The van der Waals surface area contributed by atoms with Gasteiger partial charge in [0.25, 0.3) is 0 Å². The summed E-state index contributed by atoms with van der Waals surface area (Å²) in [6, 6.07) is 0. The predicted octanol–water partition coefficient (Wildman–Crippen LogP) is 1.77. The number of aromatic nitrogens is 2. The number of hydrogen-bond donors (Lipinski definition) is 1. The van der Waals surface area contributed by atoms with Crippen LogP contribution in [0.3, 0.4) is 0 Å². The lowest BCUT2D eigenvalue weighted by molar-refractivity contribution is 1.06. The third-order valence-electron chi connectivity index (χ3n) is 0.893. The largest absolute Gasteiger partial charge is 0.348 e. The molecule has 1 rings (SSSR count). The number of aromatic amines is 1. The van der Waals surface area contributed by atoms with Gasteiger partial charge in [-0.1, -0.05) is 13.5 Å². The Kier molecular flexibility index (Phi) is 3.44. The molecule has 0 aliphatic rings. The maximum Gasteiger partial charge on any atom is 0.109 e. The fraction of sp³-hybridized carbons (Fsp3) is 0.286. The normalized spacial score (nSPS) is 8.00. The molecular weight excluding hydrogens is 112 g/mol. The van der Waals surface area contributed by atoms with Crippen LogP contribution in [0.4, 0.5) is 0 Å². The number of hydrogen-bond acceptors (Lipinski definition) is 1. The number of imidazole rings is 1. The van der Waals surface area contributed by atoms with Crippen LogP contribution in [0, 0.1) is 0 Å². The van der Waals surface area contributed by atoms with E-state index >= 15 is 0 Å². The van der Waals surface area contributed by atoms with E-state index in [1.54, 1.807) is 12.4 Å². The van der Waals surface area contributed by atoms with Gasteiger partial charge in [-0.2, -0.15) is 0 Å². The van der Waals surface area contributed by atoms with Crippen molar-refractivity contribution < 1.29 is 0 Å². The zero-order valence-corrected chi connectivity index (χ0v) is 4.59. The standard InChI is InChI=1S/C6H8N2.CH4/c1-2-3-6-7-4-5-8-6;/h2,4-5H,1,3H2,(H,7,8);1H4. The van der Waals surface area contributed by atoms with Crippen molar-refractivity contribution in [2.45, 2.75) is 13.8 Å². The summed E-state index contributed by atoms with van der Waals surface area (Å²) in [6.07, 6.45) is 6.18. The third kappa shape index (κ3) is 2.13. The summed E-state index contributed by atoms with van der Waals surface area (Å²) in [5.74, 6) is 0.972. The summed E-state index contributed by atoms with van der Waals surface area (Å²) < 4.78 is 0. The van der Waals surface area contributed by atoms with Gasteiger partial charge in [-0.05, 0) is 0 Å². The second-order valence-electron chi connectivity index (χ2n) is 1.53. The minimum atomic E-state index is 0. The Morgan fingerprint density at radius 1 is 1.78 bits per heavy atom. The minimum Gasteiger partial charge on any atom is -0.348 e. The molecule has 2 heteroatoms. The van der Waals surface area contributed by atoms with Crippen molar-refractivity contribution in [2.75, 3.05) is 0 Å². The Hall–Kier alpha value is -1.05. The van der Waals surface area contributed by atoms with Crippen LogP contribution < -0.4 is 0 Å². The first-order valence-electron chi connectivity index (χ1n) is 2.52. The summed E-state index contributed by atoms with van der Waals surface area (Å²) in [5, 5.41) is 0. The third-order valence-corrected chi connectivity index (χ3v) is 0.893. The molecule has 1 aromatic heterocycles. The number of nitrogens with one attached hydrogen (secondary N) is 1. The van der Waals surface area contributed by atoms with Gasteiger partial charge >= 0.3 is 0 Å². The van der Waals surface area contributed by atoms with Gasteiger partial charge in [-0.15, -0.1) is 6.58 Å². The second-order valence-corrected chi connectivity index (χ2v) is 1.53. The van der Waals surface area contributed by atoms with E-state index in [2.05, 4.69) is 16.5 Å². The van der Waals surface area contributed by atoms with Crippen LogP contribution in [0.2, 0.25) is 0 Å². The zero-order valence-electron chi connectivity index (χ0n) is 4.59. The number of H-pyrrole nitrogens is 1. The van der Waals surface area contributed by atoms with E-state index in [4.69, 9.17) is 0 Å². The molecule has 0 radical (unpaired) electrons. The van der Waals surface area contributed by atoms with Crippen LogP contribution in [0.25, 0.3) is 0 Å². The first-order valence-corrected chi connectivity index (χ1v) is 2.52. The highest BCUT2D eigenvalue weighted by molar-refractivity contribution is 4.92. The van der Waals surface area contributed by atoms with E-state index in [1.807, 2.05) is 6.08 Å². The summed E-state index contributed by atoms with van der Waals surface area (Å²) in [5.41, 5.74) is 0. The van der Waals surface area contributed by atoms with Crippen molar-refractivity contribution >= 4 is 0 Å². The number of allylic oxidation sites excluding steroid dienone is 1. The van der Waals surface area contributed by atoms with Crippen LogP contribution in [0.15, 0.2) is 25.0 Å². The van der Waals surface area contributed by atoms with Gasteiger partial charge < -0.3 is 4.98 Å². The molecule has 1 N–H and O–H groups in total. The van der Waals surface area contributed by atoms with Crippen molar-refractivity contribution in [1.82, 2.24) is 9.97 Å². The van der Waals surface area contributed by atoms with Crippen molar-refractivity contribution in [1.29, 1.82) is 0 Å². The van der Waals surface area contributed by atoms with Crippen molar-refractivity contribution in [2.24, 2.45) is 0 Å². The van der Waals surface area contributed by atoms with Crippen LogP contribution in [0.1, 0.15) is 13.3 Å². The summed E-state index contributed by atoms with van der Waals surface area (Å²) >= 11 is 0. The van der Waals surface area contributed by atoms with Crippen molar-refractivity contribution in [3.05, 3.63) is 30.9 Å². The second kappa shape index (κ2) is 3.89. The molecule has 1 aromatic rings. The molecule has 1 heterocycles. The van der Waals surface area contributed by atoms with E-state index in [-0.39, 0.29) is 7.43 Å². The van der Waals surface area contributed by atoms with E-state index in [1.165, 1.54) is 0 Å². The highest BCUT2D eigenvalue weighted by atomic mass is 14.9. The van der Waals surface area contributed by atoms with Crippen molar-refractivity contribution in [3.8, 4) is 0 Å². The lowest BCUT2D eigenvalue weighted by Gasteiger charge is -1.82. The average molecular weight is 124 g/mol. The quantitative estimate of drug-likeness (QED) is 0.598. The molecule has 0 aliphatic heterocycles. The molecule has 0 fully saturated rings. The van der Waals surface area contributed by atoms with E-state index in [9.17, 15) is 0 Å². The first kappa shape index (κ1) is 7.95. The molecule has 0 unspecified atom stereocenters. The Labute approximate surface area is 55.6 Å². The molecule has 50 valence electrons. The molecule has 0 bridgehead atoms. The highest BCUT2D eigenvalue weighted by Crippen LogP contribution is 1.88. The van der Waals surface area contributed by atoms with E-state index in [0.717, 1.165) is 12.2 Å². The van der Waals surface area contributed by atoms with Gasteiger partial charge in [0.2, 0.25) is 0 Å². The number of rotatable bonds is 2. The van der Waals surface area contributed by atoms with Gasteiger partial charge in [0.05, 0.1) is 0 Å². The lowest BCUT2D eigenvalue weighted by atomic mass is 10.4. The summed E-state index contributed by atoms with van der Waals surface area (Å²) in [4.78, 5) is 6.93. The molecule has 0 atom stereocenters. The Balaban J connectivity index is 0.000000640. The monoisotopic (exact) mass is 124 g/mol. The van der Waals surface area contributed by atoms with Gasteiger partial charge in [0.15, 0.2) is 0 Å². The van der Waals surface area contributed by atoms with Crippen molar-refractivity contribution in [3.63, 3.8) is 0 Å². The van der Waals surface area contributed by atoms with Crippen LogP contribution >= 0.6 is 0 Å². The minimum absolute atomic E-state index is 0. The molecule has 0 aromatic carbocycles. The molecule has 9 heavy (non-hydrogen) atoms. The maximum atomic E-state index is 3.98. The summed E-state index contributed by atoms with van der Waals surface area (Å²) in [6.45, 7) is 3.58. The van der Waals surface area contributed by atoms with E-state index in [0.29, 0.717) is 0 Å². The molecule has 2 nitrogen and oxygen atoms in total. The molecule has 0 saturated heterocycles. The lowest BCUT2D eigenvalue weighted by Crippen LogP contribution is -1.80. The Morgan fingerprint density at radius 3 is 3.00 bits per heavy atom. The molecule has 0 amide bonds. The van der Waals surface area contributed by atoms with Crippen LogP contribution in [-0.2, 0) is 6.42 Å². The molecule has 0 aliphatic carbocycles. The van der Waals surface area contributed by atoms with E-state index < -0.39 is 0 Å².